The molecule has 1 atom stereocenters. The van der Waals surface area contributed by atoms with Crippen LogP contribution in [0.5, 0.6) is 0 Å². The predicted molar refractivity (Wildman–Crippen MR) is 85.2 cm³/mol. The highest BCUT2D eigenvalue weighted by Gasteiger charge is 2.25. The molecule has 112 valence electrons. The van der Waals surface area contributed by atoms with Crippen LogP contribution in [0.1, 0.15) is 43.7 Å². The monoisotopic (exact) mass is 276 g/mol. The van der Waals surface area contributed by atoms with Crippen molar-refractivity contribution in [1.29, 1.82) is 0 Å². The number of nitrogens with one attached hydrogen (secondary N) is 1. The van der Waals surface area contributed by atoms with Crippen molar-refractivity contribution in [2.75, 3.05) is 24.6 Å². The number of aliphatic hydroxyl groups is 1. The number of nitrogens with zero attached hydrogens (tertiary/aromatic N) is 1. The third-order valence-corrected chi connectivity index (χ3v) is 4.22. The molecule has 3 nitrogen and oxygen atoms in total. The van der Waals surface area contributed by atoms with E-state index in [1.807, 2.05) is 0 Å². The minimum absolute atomic E-state index is 0.310. The van der Waals surface area contributed by atoms with E-state index in [-0.39, 0.29) is 0 Å². The van der Waals surface area contributed by atoms with Gasteiger partial charge in [0.25, 0.3) is 0 Å². The molecule has 3 heteroatoms. The van der Waals surface area contributed by atoms with Crippen LogP contribution in [0.15, 0.2) is 18.2 Å². The lowest BCUT2D eigenvalue weighted by atomic mass is 10.1. The fourth-order valence-electron chi connectivity index (χ4n) is 3.20. The second-order valence-corrected chi connectivity index (χ2v) is 5.76. The van der Waals surface area contributed by atoms with Crippen molar-refractivity contribution in [3.8, 4) is 0 Å². The van der Waals surface area contributed by atoms with Crippen LogP contribution < -0.4 is 10.2 Å². The molecule has 20 heavy (non-hydrogen) atoms. The van der Waals surface area contributed by atoms with E-state index < -0.39 is 0 Å². The number of aryl methyl sites for hydroxylation is 1. The molecule has 0 aromatic heterocycles. The second-order valence-electron chi connectivity index (χ2n) is 5.76. The minimum atomic E-state index is 0.310. The molecule has 0 aliphatic carbocycles. The summed E-state index contributed by atoms with van der Waals surface area (Å²) in [5, 5.41) is 12.4. The molecule has 1 aromatic rings. The maximum Gasteiger partial charge on any atom is 0.0431 e. The highest BCUT2D eigenvalue weighted by molar-refractivity contribution is 5.56. The van der Waals surface area contributed by atoms with E-state index in [9.17, 15) is 0 Å². The summed E-state index contributed by atoms with van der Waals surface area (Å²) in [6.45, 7) is 7.78. The standard InChI is InChI=1S/C17H28N2O/c1-3-18-13-15-8-9-17(14(2)12-15)19-10-4-6-16(19)7-5-11-20/h8-9,12,16,18,20H,3-7,10-11,13H2,1-2H3. The van der Waals surface area contributed by atoms with Crippen molar-refractivity contribution < 1.29 is 5.11 Å². The van der Waals surface area contributed by atoms with Crippen LogP contribution in [0.3, 0.4) is 0 Å². The molecular weight excluding hydrogens is 248 g/mol. The number of hydrogen-bond acceptors (Lipinski definition) is 3. The van der Waals surface area contributed by atoms with Crippen LogP contribution in [0.4, 0.5) is 5.69 Å². The summed E-state index contributed by atoms with van der Waals surface area (Å²) in [6, 6.07) is 7.44. The number of hydrogen-bond donors (Lipinski definition) is 2. The van der Waals surface area contributed by atoms with E-state index in [2.05, 4.69) is 42.3 Å². The Kier molecular flexibility index (Phi) is 5.86. The molecule has 0 bridgehead atoms. The fourth-order valence-corrected chi connectivity index (χ4v) is 3.20. The van der Waals surface area contributed by atoms with Crippen LogP contribution in [0, 0.1) is 6.92 Å². The Labute approximate surface area is 123 Å². The summed E-state index contributed by atoms with van der Waals surface area (Å²) in [4.78, 5) is 2.54. The predicted octanol–water partition coefficient (Wildman–Crippen LogP) is 2.85. The maximum absolute atomic E-state index is 9.03. The van der Waals surface area contributed by atoms with Gasteiger partial charge in [-0.2, -0.15) is 0 Å². The van der Waals surface area contributed by atoms with Gasteiger partial charge in [-0.3, -0.25) is 0 Å². The number of rotatable bonds is 7. The third-order valence-electron chi connectivity index (χ3n) is 4.22. The first-order chi connectivity index (χ1) is 9.76. The highest BCUT2D eigenvalue weighted by Crippen LogP contribution is 2.31. The van der Waals surface area contributed by atoms with E-state index in [1.54, 1.807) is 0 Å². The van der Waals surface area contributed by atoms with Gasteiger partial charge >= 0.3 is 0 Å². The van der Waals surface area contributed by atoms with Crippen LogP contribution >= 0.6 is 0 Å². The molecule has 1 aliphatic heterocycles. The van der Waals surface area contributed by atoms with Gasteiger partial charge in [-0.05, 0) is 56.3 Å². The van der Waals surface area contributed by atoms with E-state index in [1.165, 1.54) is 29.7 Å². The molecular formula is C17H28N2O. The molecule has 2 N–H and O–H groups in total. The van der Waals surface area contributed by atoms with E-state index in [4.69, 9.17) is 5.11 Å². The van der Waals surface area contributed by atoms with Gasteiger partial charge in [0.05, 0.1) is 0 Å². The largest absolute Gasteiger partial charge is 0.396 e. The van der Waals surface area contributed by atoms with Crippen molar-refractivity contribution in [2.45, 2.75) is 52.1 Å². The van der Waals surface area contributed by atoms with Gasteiger partial charge in [-0.1, -0.05) is 19.1 Å². The zero-order chi connectivity index (χ0) is 14.4. The molecule has 1 saturated heterocycles. The number of anilines is 1. The lowest BCUT2D eigenvalue weighted by Gasteiger charge is -2.28. The first kappa shape index (κ1) is 15.3. The maximum atomic E-state index is 9.03. The van der Waals surface area contributed by atoms with Crippen LogP contribution in [-0.2, 0) is 6.54 Å². The molecule has 1 aliphatic rings. The summed E-state index contributed by atoms with van der Waals surface area (Å²) >= 11 is 0. The van der Waals surface area contributed by atoms with E-state index >= 15 is 0 Å². The first-order valence-electron chi connectivity index (χ1n) is 7.94. The average Bonchev–Trinajstić information content (AvgIpc) is 2.91. The lowest BCUT2D eigenvalue weighted by Crippen LogP contribution is -2.30. The SMILES string of the molecule is CCNCc1ccc(N2CCCC2CCCO)c(C)c1. The number of benzene rings is 1. The molecule has 1 aromatic carbocycles. The van der Waals surface area contributed by atoms with E-state index in [0.717, 1.165) is 32.5 Å². The summed E-state index contributed by atoms with van der Waals surface area (Å²) in [5.74, 6) is 0. The molecule has 1 heterocycles. The molecule has 0 radical (unpaired) electrons. The van der Waals surface area contributed by atoms with Crippen LogP contribution in [0.25, 0.3) is 0 Å². The zero-order valence-electron chi connectivity index (χ0n) is 12.9. The summed E-state index contributed by atoms with van der Waals surface area (Å²) in [6.07, 6.45) is 4.56. The zero-order valence-corrected chi connectivity index (χ0v) is 12.9. The molecule has 2 rings (SSSR count). The highest BCUT2D eigenvalue weighted by atomic mass is 16.2. The Balaban J connectivity index is 2.07. The quantitative estimate of drug-likeness (QED) is 0.804. The topological polar surface area (TPSA) is 35.5 Å². The van der Waals surface area contributed by atoms with Crippen LogP contribution in [-0.4, -0.2) is 30.8 Å². The summed E-state index contributed by atoms with van der Waals surface area (Å²) < 4.78 is 0. The van der Waals surface area contributed by atoms with Gasteiger partial charge in [0.1, 0.15) is 0 Å². The van der Waals surface area contributed by atoms with Gasteiger partial charge in [0.2, 0.25) is 0 Å². The van der Waals surface area contributed by atoms with Crippen LogP contribution in [0.2, 0.25) is 0 Å². The van der Waals surface area contributed by atoms with Crippen molar-refractivity contribution in [3.05, 3.63) is 29.3 Å². The molecule has 1 fully saturated rings. The van der Waals surface area contributed by atoms with Crippen molar-refractivity contribution in [1.82, 2.24) is 5.32 Å². The van der Waals surface area contributed by atoms with E-state index in [0.29, 0.717) is 12.6 Å². The molecule has 0 spiro atoms. The van der Waals surface area contributed by atoms with Gasteiger partial charge < -0.3 is 15.3 Å². The Morgan fingerprint density at radius 2 is 2.25 bits per heavy atom. The van der Waals surface area contributed by atoms with Gasteiger partial charge in [-0.15, -0.1) is 0 Å². The molecule has 1 unspecified atom stereocenters. The smallest absolute Gasteiger partial charge is 0.0431 e. The fraction of sp³-hybridized carbons (Fsp3) is 0.647. The summed E-state index contributed by atoms with van der Waals surface area (Å²) in [5.41, 5.74) is 4.11. The normalized spacial score (nSPS) is 18.8. The molecule has 0 saturated carbocycles. The Morgan fingerprint density at radius 1 is 1.40 bits per heavy atom. The van der Waals surface area contributed by atoms with Crippen molar-refractivity contribution in [3.63, 3.8) is 0 Å². The first-order valence-corrected chi connectivity index (χ1v) is 7.94. The Hall–Kier alpha value is -1.06. The summed E-state index contributed by atoms with van der Waals surface area (Å²) in [7, 11) is 0. The average molecular weight is 276 g/mol. The second kappa shape index (κ2) is 7.65. The Bertz CT molecular complexity index is 419. The number of aliphatic hydroxyl groups excluding tert-OH is 1. The minimum Gasteiger partial charge on any atom is -0.396 e. The van der Waals surface area contributed by atoms with Gasteiger partial charge in [0, 0.05) is 31.4 Å². The van der Waals surface area contributed by atoms with Crippen molar-refractivity contribution in [2.24, 2.45) is 0 Å². The molecule has 0 amide bonds. The van der Waals surface area contributed by atoms with Gasteiger partial charge in [-0.25, -0.2) is 0 Å². The Morgan fingerprint density at radius 3 is 2.95 bits per heavy atom. The third kappa shape index (κ3) is 3.74. The van der Waals surface area contributed by atoms with Crippen molar-refractivity contribution >= 4 is 5.69 Å². The van der Waals surface area contributed by atoms with Gasteiger partial charge in [0.15, 0.2) is 0 Å². The lowest BCUT2D eigenvalue weighted by molar-refractivity contribution is 0.279.